The quantitative estimate of drug-likeness (QED) is 0.830. The third-order valence-corrected chi connectivity index (χ3v) is 3.56. The number of nitrogens with zero attached hydrogens (tertiary/aromatic N) is 1. The first-order chi connectivity index (χ1) is 8.67. The molecule has 0 radical (unpaired) electrons. The van der Waals surface area contributed by atoms with Gasteiger partial charge in [0, 0.05) is 13.6 Å². The number of carbonyl (C=O) groups excluding carboxylic acids is 1. The smallest absolute Gasteiger partial charge is 0.237 e. The highest BCUT2D eigenvalue weighted by Crippen LogP contribution is 2.29. The van der Waals surface area contributed by atoms with Gasteiger partial charge < -0.3 is 15.5 Å². The lowest BCUT2D eigenvalue weighted by molar-refractivity contribution is -0.125. The Morgan fingerprint density at radius 3 is 3.00 bits per heavy atom. The molecule has 0 aromatic carbocycles. The van der Waals surface area contributed by atoms with E-state index in [0.29, 0.717) is 6.54 Å². The number of hydrogen-bond donors (Lipinski definition) is 2. The molecule has 1 aliphatic rings. The molecule has 0 aliphatic carbocycles. The molecule has 2 atom stereocenters. The summed E-state index contributed by atoms with van der Waals surface area (Å²) >= 11 is 0. The van der Waals surface area contributed by atoms with E-state index in [2.05, 4.69) is 10.2 Å². The van der Waals surface area contributed by atoms with Crippen LogP contribution < -0.4 is 11.1 Å². The summed E-state index contributed by atoms with van der Waals surface area (Å²) in [5.41, 5.74) is 5.86. The number of rotatable bonds is 4. The van der Waals surface area contributed by atoms with Gasteiger partial charge in [-0.3, -0.25) is 9.69 Å². The molecule has 0 saturated carbocycles. The number of carbonyl (C=O) groups is 1. The van der Waals surface area contributed by atoms with Crippen LogP contribution in [-0.2, 0) is 4.79 Å². The van der Waals surface area contributed by atoms with Gasteiger partial charge >= 0.3 is 0 Å². The number of aryl methyl sites for hydroxylation is 1. The molecule has 2 heterocycles. The van der Waals surface area contributed by atoms with Gasteiger partial charge in [-0.1, -0.05) is 0 Å². The predicted octanol–water partition coefficient (Wildman–Crippen LogP) is 0.798. The number of amides is 1. The lowest BCUT2D eigenvalue weighted by Gasteiger charge is -2.29. The molecule has 2 rings (SSSR count). The second kappa shape index (κ2) is 5.54. The molecule has 1 aromatic rings. The van der Waals surface area contributed by atoms with E-state index in [4.69, 9.17) is 10.2 Å². The molecule has 1 saturated heterocycles. The predicted molar refractivity (Wildman–Crippen MR) is 69.0 cm³/mol. The van der Waals surface area contributed by atoms with Gasteiger partial charge in [-0.15, -0.1) is 0 Å². The molecule has 0 bridgehead atoms. The zero-order chi connectivity index (χ0) is 13.1. The van der Waals surface area contributed by atoms with Crippen molar-refractivity contribution in [2.45, 2.75) is 31.8 Å². The zero-order valence-corrected chi connectivity index (χ0v) is 11.0. The molecular weight excluding hydrogens is 230 g/mol. The monoisotopic (exact) mass is 251 g/mol. The van der Waals surface area contributed by atoms with Crippen LogP contribution in [0.15, 0.2) is 16.5 Å². The van der Waals surface area contributed by atoms with Crippen LogP contribution in [0.2, 0.25) is 0 Å². The highest BCUT2D eigenvalue weighted by molar-refractivity contribution is 5.81. The fourth-order valence-electron chi connectivity index (χ4n) is 2.66. The lowest BCUT2D eigenvalue weighted by atomic mass is 10.1. The Balaban J connectivity index is 2.19. The van der Waals surface area contributed by atoms with E-state index >= 15 is 0 Å². The molecule has 1 aliphatic heterocycles. The van der Waals surface area contributed by atoms with E-state index in [1.807, 2.05) is 19.1 Å². The van der Waals surface area contributed by atoms with Gasteiger partial charge in [-0.25, -0.2) is 0 Å². The van der Waals surface area contributed by atoms with Crippen molar-refractivity contribution in [1.82, 2.24) is 10.2 Å². The minimum Gasteiger partial charge on any atom is -0.465 e. The van der Waals surface area contributed by atoms with E-state index in [0.717, 1.165) is 30.9 Å². The van der Waals surface area contributed by atoms with Crippen molar-refractivity contribution in [1.29, 1.82) is 0 Å². The molecule has 3 N–H and O–H groups in total. The molecule has 5 heteroatoms. The standard InChI is InChI=1S/C13H21N3O2/c1-9-5-6-12(18-9)11(8-14)16-7-3-4-10(16)13(17)15-2/h5-6,10-11H,3-4,7-8,14H2,1-2H3,(H,15,17). The van der Waals surface area contributed by atoms with Crippen molar-refractivity contribution in [3.63, 3.8) is 0 Å². The summed E-state index contributed by atoms with van der Waals surface area (Å²) < 4.78 is 5.66. The Bertz CT molecular complexity index is 416. The van der Waals surface area contributed by atoms with Gasteiger partial charge in [0.15, 0.2) is 0 Å². The van der Waals surface area contributed by atoms with E-state index in [1.165, 1.54) is 0 Å². The van der Waals surface area contributed by atoms with E-state index in [9.17, 15) is 4.79 Å². The maximum atomic E-state index is 11.9. The molecule has 100 valence electrons. The van der Waals surface area contributed by atoms with Gasteiger partial charge in [0.1, 0.15) is 11.5 Å². The molecule has 1 aromatic heterocycles. The fourth-order valence-corrected chi connectivity index (χ4v) is 2.66. The Kier molecular flexibility index (Phi) is 4.04. The Hall–Kier alpha value is -1.33. The molecular formula is C13H21N3O2. The topological polar surface area (TPSA) is 71.5 Å². The third kappa shape index (κ3) is 2.42. The van der Waals surface area contributed by atoms with Crippen molar-refractivity contribution in [3.8, 4) is 0 Å². The van der Waals surface area contributed by atoms with Crippen molar-refractivity contribution in [2.24, 2.45) is 5.73 Å². The van der Waals surface area contributed by atoms with Crippen LogP contribution in [0.4, 0.5) is 0 Å². The summed E-state index contributed by atoms with van der Waals surface area (Å²) in [6.45, 7) is 3.26. The highest BCUT2D eigenvalue weighted by atomic mass is 16.3. The summed E-state index contributed by atoms with van der Waals surface area (Å²) in [4.78, 5) is 14.0. The molecule has 1 amide bonds. The first-order valence-electron chi connectivity index (χ1n) is 6.41. The van der Waals surface area contributed by atoms with Crippen LogP contribution in [0.25, 0.3) is 0 Å². The number of likely N-dealkylation sites (N-methyl/N-ethyl adjacent to an activating group) is 1. The lowest BCUT2D eigenvalue weighted by Crippen LogP contribution is -2.45. The van der Waals surface area contributed by atoms with Crippen LogP contribution >= 0.6 is 0 Å². The molecule has 5 nitrogen and oxygen atoms in total. The normalized spacial score (nSPS) is 22.1. The number of nitrogens with one attached hydrogen (secondary N) is 1. The largest absolute Gasteiger partial charge is 0.465 e. The van der Waals surface area contributed by atoms with Crippen LogP contribution in [0, 0.1) is 6.92 Å². The van der Waals surface area contributed by atoms with Crippen LogP contribution in [0.3, 0.4) is 0 Å². The Labute approximate surface area is 107 Å². The van der Waals surface area contributed by atoms with Crippen molar-refractivity contribution < 1.29 is 9.21 Å². The molecule has 18 heavy (non-hydrogen) atoms. The first-order valence-corrected chi connectivity index (χ1v) is 6.41. The van der Waals surface area contributed by atoms with Crippen LogP contribution in [0.1, 0.15) is 30.4 Å². The van der Waals surface area contributed by atoms with Gasteiger partial charge in [0.05, 0.1) is 12.1 Å². The van der Waals surface area contributed by atoms with Crippen LogP contribution in [-0.4, -0.2) is 37.0 Å². The Morgan fingerprint density at radius 2 is 2.44 bits per heavy atom. The van der Waals surface area contributed by atoms with Gasteiger partial charge in [0.25, 0.3) is 0 Å². The molecule has 0 spiro atoms. The third-order valence-electron chi connectivity index (χ3n) is 3.56. The summed E-state index contributed by atoms with van der Waals surface area (Å²) in [6.07, 6.45) is 1.91. The van der Waals surface area contributed by atoms with Crippen molar-refractivity contribution >= 4 is 5.91 Å². The maximum Gasteiger partial charge on any atom is 0.237 e. The fraction of sp³-hybridized carbons (Fsp3) is 0.615. The Morgan fingerprint density at radius 1 is 1.67 bits per heavy atom. The summed E-state index contributed by atoms with van der Waals surface area (Å²) in [6, 6.07) is 3.78. The second-order valence-electron chi connectivity index (χ2n) is 4.71. The van der Waals surface area contributed by atoms with Crippen molar-refractivity contribution in [2.75, 3.05) is 20.1 Å². The van der Waals surface area contributed by atoms with E-state index < -0.39 is 0 Å². The average molecular weight is 251 g/mol. The molecule has 2 unspecified atom stereocenters. The molecule has 1 fully saturated rings. The SMILES string of the molecule is CNC(=O)C1CCCN1C(CN)c1ccc(C)o1. The first kappa shape index (κ1) is 13.1. The minimum absolute atomic E-state index is 0.0106. The minimum atomic E-state index is -0.0889. The highest BCUT2D eigenvalue weighted by Gasteiger charge is 2.36. The van der Waals surface area contributed by atoms with Gasteiger partial charge in [0.2, 0.25) is 5.91 Å². The summed E-state index contributed by atoms with van der Waals surface area (Å²) in [5, 5.41) is 2.72. The number of nitrogens with two attached hydrogens (primary N) is 1. The van der Waals surface area contributed by atoms with Crippen molar-refractivity contribution in [3.05, 3.63) is 23.7 Å². The van der Waals surface area contributed by atoms with Gasteiger partial charge in [-0.2, -0.15) is 0 Å². The van der Waals surface area contributed by atoms with Crippen LogP contribution in [0.5, 0.6) is 0 Å². The zero-order valence-electron chi connectivity index (χ0n) is 11.0. The second-order valence-corrected chi connectivity index (χ2v) is 4.71. The number of likely N-dealkylation sites (tertiary alicyclic amines) is 1. The van der Waals surface area contributed by atoms with E-state index in [1.54, 1.807) is 7.05 Å². The summed E-state index contributed by atoms with van der Waals surface area (Å²) in [5.74, 6) is 1.79. The maximum absolute atomic E-state index is 11.9. The average Bonchev–Trinajstić information content (AvgIpc) is 2.99. The van der Waals surface area contributed by atoms with Gasteiger partial charge in [-0.05, 0) is 38.4 Å². The number of furan rings is 1. The van der Waals surface area contributed by atoms with E-state index in [-0.39, 0.29) is 18.0 Å². The summed E-state index contributed by atoms with van der Waals surface area (Å²) in [7, 11) is 1.67. The number of hydrogen-bond acceptors (Lipinski definition) is 4.